The number of unbranched alkanes of at least 4 members (excludes halogenated alkanes) is 2. The van der Waals surface area contributed by atoms with E-state index in [9.17, 15) is 67.4 Å². The van der Waals surface area contributed by atoms with Crippen molar-refractivity contribution >= 4 is 81.4 Å². The third-order valence-corrected chi connectivity index (χ3v) is 18.0. The number of benzene rings is 3. The van der Waals surface area contributed by atoms with Gasteiger partial charge in [0.05, 0.1) is 61.2 Å². The van der Waals surface area contributed by atoms with Gasteiger partial charge in [0.15, 0.2) is 23.0 Å². The number of aryl methyl sites for hydroxylation is 1. The second-order valence-electron chi connectivity index (χ2n) is 24.6. The van der Waals surface area contributed by atoms with E-state index >= 15 is 4.39 Å². The molecule has 1 saturated heterocycles. The number of carbonyl (C=O) groups excluding carboxylic acids is 12. The predicted octanol–water partition coefficient (Wildman–Crippen LogP) is 4.39. The first-order valence-corrected chi connectivity index (χ1v) is 31.7. The summed E-state index contributed by atoms with van der Waals surface area (Å²) in [4.78, 5) is 176. The Morgan fingerprint density at radius 3 is 1.88 bits per heavy atom. The number of esters is 1. The van der Waals surface area contributed by atoms with Crippen LogP contribution < -0.4 is 32.1 Å². The van der Waals surface area contributed by atoms with Gasteiger partial charge >= 0.3 is 5.97 Å². The summed E-state index contributed by atoms with van der Waals surface area (Å²) in [6.45, 7) is 3.14. The molecule has 5 atom stereocenters. The maximum absolute atomic E-state index is 15.5. The van der Waals surface area contributed by atoms with Crippen molar-refractivity contribution in [1.82, 2.24) is 41.0 Å². The van der Waals surface area contributed by atoms with E-state index in [4.69, 9.17) is 9.72 Å². The maximum Gasteiger partial charge on any atom is 0.343 e. The van der Waals surface area contributed by atoms with E-state index in [1.165, 1.54) is 15.5 Å². The third-order valence-electron chi connectivity index (χ3n) is 18.0. The summed E-state index contributed by atoms with van der Waals surface area (Å²) in [5.41, 5.74) is 2.37. The highest BCUT2D eigenvalue weighted by Gasteiger charge is 2.46. The zero-order valence-electron chi connectivity index (χ0n) is 52.4. The number of cyclic esters (lactones) is 1. The number of halogens is 1. The molecule has 7 amide bonds. The molecule has 2 aromatic heterocycles. The summed E-state index contributed by atoms with van der Waals surface area (Å²) < 4.78 is 22.2. The molecule has 24 heteroatoms. The van der Waals surface area contributed by atoms with E-state index < -0.39 is 107 Å². The molecular formula is C69H77FN8O15. The second-order valence-corrected chi connectivity index (χ2v) is 24.6. The zero-order chi connectivity index (χ0) is 66.7. The molecule has 5 heterocycles. The summed E-state index contributed by atoms with van der Waals surface area (Å²) in [6, 6.07) is 19.9. The predicted molar refractivity (Wildman–Crippen MR) is 334 cm³/mol. The van der Waals surface area contributed by atoms with Gasteiger partial charge in [-0.25, -0.2) is 14.2 Å². The van der Waals surface area contributed by atoms with Crippen LogP contribution in [0.25, 0.3) is 22.3 Å². The fourth-order valence-corrected chi connectivity index (χ4v) is 12.7. The van der Waals surface area contributed by atoms with Gasteiger partial charge in [-0.15, -0.1) is 0 Å². The first-order chi connectivity index (χ1) is 44.5. The number of pyridine rings is 2. The van der Waals surface area contributed by atoms with Crippen molar-refractivity contribution in [3.63, 3.8) is 0 Å². The zero-order valence-corrected chi connectivity index (χ0v) is 52.4. The lowest BCUT2D eigenvalue weighted by molar-refractivity contribution is -0.172. The Morgan fingerprint density at radius 1 is 0.699 bits per heavy atom. The van der Waals surface area contributed by atoms with Crippen LogP contribution in [-0.4, -0.2) is 123 Å². The van der Waals surface area contributed by atoms with Crippen molar-refractivity contribution in [3.05, 3.63) is 133 Å². The Kier molecular flexibility index (Phi) is 22.2. The van der Waals surface area contributed by atoms with Crippen LogP contribution in [0.15, 0.2) is 77.6 Å². The van der Waals surface area contributed by atoms with E-state index in [1.54, 1.807) is 87.5 Å². The molecule has 93 heavy (non-hydrogen) atoms. The van der Waals surface area contributed by atoms with E-state index in [-0.39, 0.29) is 130 Å². The molecule has 490 valence electrons. The van der Waals surface area contributed by atoms with E-state index in [2.05, 4.69) is 26.6 Å². The number of hydrogen-bond donors (Lipinski definition) is 6. The fraction of sp³-hybridized carbons (Fsp3) is 0.449. The molecule has 5 aromatic rings. The Labute approximate surface area is 535 Å². The molecule has 0 radical (unpaired) electrons. The van der Waals surface area contributed by atoms with Crippen molar-refractivity contribution in [2.75, 3.05) is 32.7 Å². The van der Waals surface area contributed by atoms with E-state index in [0.717, 1.165) is 11.1 Å². The molecule has 3 aromatic carbocycles. The number of ketones is 4. The van der Waals surface area contributed by atoms with Crippen LogP contribution in [0.3, 0.4) is 0 Å². The normalized spacial score (nSPS) is 17.5. The van der Waals surface area contributed by atoms with Crippen molar-refractivity contribution < 1.29 is 71.8 Å². The number of carbonyl (C=O) groups is 12. The topological polar surface area (TPSA) is 333 Å². The molecule has 1 fully saturated rings. The number of ether oxygens (including phenoxy) is 1. The average Bonchev–Trinajstić information content (AvgIpc) is 1.63. The molecule has 9 rings (SSSR count). The fourth-order valence-electron chi connectivity index (χ4n) is 12.7. The molecule has 6 N–H and O–H groups in total. The summed E-state index contributed by atoms with van der Waals surface area (Å²) in [6.07, 6.45) is 1.61. The molecular weight excluding hydrogens is 1200 g/mol. The van der Waals surface area contributed by atoms with E-state index in [1.807, 2.05) is 0 Å². The molecule has 23 nitrogen and oxygen atoms in total. The monoisotopic (exact) mass is 1280 g/mol. The molecule has 0 spiro atoms. The molecule has 0 saturated carbocycles. The lowest BCUT2D eigenvalue weighted by atomic mass is 9.81. The number of fused-ring (bicyclic) bond motifs is 5. The SMILES string of the molecule is CC[C@@]1(O)C(=O)OCc2c1cc1n(c2=O)Cc2c-1nc1cc(F)c(C)c3c1c2[C@@H](NC(=O)CNC(=O)[C@@H](CC(=O)CNC(=O)CCC(=O)CNC(=O)[C@@H](CC(=O)CNC(=O)CCC(=O)CCCCCN1C(=O)CC(C)C1=O)Cc1ccccc1)Cc1ccccc1)CC3. The Hall–Kier alpha value is -9.45. The molecule has 1 aliphatic carbocycles. The Bertz CT molecular complexity index is 3870. The van der Waals surface area contributed by atoms with Gasteiger partial charge in [-0.2, -0.15) is 0 Å². The van der Waals surface area contributed by atoms with E-state index in [0.29, 0.717) is 77.7 Å². The van der Waals surface area contributed by atoms with Crippen LogP contribution in [0, 0.1) is 30.5 Å². The number of amides is 7. The lowest BCUT2D eigenvalue weighted by Crippen LogP contribution is -2.44. The minimum Gasteiger partial charge on any atom is -0.458 e. The third kappa shape index (κ3) is 16.3. The minimum absolute atomic E-state index is 0.0196. The summed E-state index contributed by atoms with van der Waals surface area (Å²) >= 11 is 0. The van der Waals surface area contributed by atoms with Gasteiger partial charge in [0.25, 0.3) is 5.56 Å². The number of aromatic nitrogens is 2. The van der Waals surface area contributed by atoms with Crippen LogP contribution >= 0.6 is 0 Å². The van der Waals surface area contributed by atoms with Crippen molar-refractivity contribution in [1.29, 1.82) is 0 Å². The van der Waals surface area contributed by atoms with Gasteiger partial charge in [0.1, 0.15) is 18.2 Å². The van der Waals surface area contributed by atoms with Gasteiger partial charge in [-0.3, -0.25) is 62.4 Å². The van der Waals surface area contributed by atoms with Crippen LogP contribution in [-0.2, 0) is 100 Å². The molecule has 4 aliphatic rings. The smallest absolute Gasteiger partial charge is 0.343 e. The number of Topliss-reactive ketones (excluding diaryl/α,β-unsaturated/α-hetero) is 4. The van der Waals surface area contributed by atoms with Crippen LogP contribution in [0.5, 0.6) is 0 Å². The number of nitrogens with zero attached hydrogens (tertiary/aromatic N) is 3. The lowest BCUT2D eigenvalue weighted by Gasteiger charge is -2.31. The van der Waals surface area contributed by atoms with Gasteiger partial charge in [0, 0.05) is 98.2 Å². The van der Waals surface area contributed by atoms with Crippen molar-refractivity contribution in [2.45, 2.75) is 148 Å². The first kappa shape index (κ1) is 67.9. The first-order valence-electron chi connectivity index (χ1n) is 31.7. The number of nitrogens with one attached hydrogen (secondary N) is 5. The number of likely N-dealkylation sites (tertiary alicyclic amines) is 1. The second kappa shape index (κ2) is 30.3. The van der Waals surface area contributed by atoms with Gasteiger partial charge < -0.3 is 41.0 Å². The van der Waals surface area contributed by atoms with Crippen LogP contribution in [0.1, 0.15) is 148 Å². The van der Waals surface area contributed by atoms with Gasteiger partial charge in [-0.1, -0.05) is 80.9 Å². The standard InChI is InChI=1S/C69H77FN8O15/c1-4-69(92)52-31-56-63-50(37-78(56)67(90)51(52)38-93-68(69)91)62-54(22-21-49-40(3)53(70)32-55(76-63)61(49)62)75-59(85)36-74-65(88)44(28-42-16-10-6-11-17-42)30-48(82)35-72-58(84)24-20-46(80)33-73-64(87)43(27-41-14-8-5-9-15-41)29-47(81)34-71-57(83)23-19-45(79)18-12-7-13-25-77-60(86)26-39(2)66(77)89/h5-6,8-11,14-17,31-32,39,43-44,54,92H,4,7,12-13,18-30,33-38H2,1-3H3,(H,71,83)(H,72,84)(H,73,87)(H,74,88)(H,75,85)/t39?,43-,44-,54+,69+/m1/s1. The average molecular weight is 1280 g/mol. The highest BCUT2D eigenvalue weighted by Crippen LogP contribution is 2.46. The molecule has 3 aliphatic heterocycles. The molecule has 1 unspecified atom stereocenters. The summed E-state index contributed by atoms with van der Waals surface area (Å²) in [5, 5.41) is 25.4. The van der Waals surface area contributed by atoms with Crippen LogP contribution in [0.2, 0.25) is 0 Å². The summed E-state index contributed by atoms with van der Waals surface area (Å²) in [7, 11) is 0. The maximum atomic E-state index is 15.5. The molecule has 0 bridgehead atoms. The Balaban J connectivity index is 0.732. The number of imide groups is 1. The largest absolute Gasteiger partial charge is 0.458 e. The highest BCUT2D eigenvalue weighted by atomic mass is 19.1. The number of hydrogen-bond acceptors (Lipinski definition) is 16. The van der Waals surface area contributed by atoms with Crippen LogP contribution in [0.4, 0.5) is 4.39 Å². The van der Waals surface area contributed by atoms with Crippen molar-refractivity contribution in [3.8, 4) is 11.4 Å². The number of aliphatic hydroxyl groups is 1. The highest BCUT2D eigenvalue weighted by molar-refractivity contribution is 6.03. The number of rotatable bonds is 32. The van der Waals surface area contributed by atoms with Gasteiger partial charge in [-0.05, 0) is 85.8 Å². The minimum atomic E-state index is -2.08. The Morgan fingerprint density at radius 2 is 1.29 bits per heavy atom. The van der Waals surface area contributed by atoms with Crippen molar-refractivity contribution in [2.24, 2.45) is 17.8 Å². The van der Waals surface area contributed by atoms with Gasteiger partial charge in [0.2, 0.25) is 41.4 Å². The quantitative estimate of drug-likeness (QED) is 0.0194. The summed E-state index contributed by atoms with van der Waals surface area (Å²) in [5.74, 6) is -8.54.